The van der Waals surface area contributed by atoms with E-state index in [9.17, 15) is 4.79 Å². The van der Waals surface area contributed by atoms with Gasteiger partial charge in [0.15, 0.2) is 0 Å². The van der Waals surface area contributed by atoms with E-state index in [1.165, 1.54) is 0 Å². The molecule has 0 atom stereocenters. The highest BCUT2D eigenvalue weighted by atomic mass is 35.5. The molecule has 8 heteroatoms. The zero-order valence-electron chi connectivity index (χ0n) is 15.6. The van der Waals surface area contributed by atoms with Crippen molar-refractivity contribution in [1.82, 2.24) is 20.4 Å². The molecule has 0 saturated carbocycles. The number of carbonyl (C=O) groups is 1. The van der Waals surface area contributed by atoms with Crippen LogP contribution in [-0.2, 0) is 4.74 Å². The van der Waals surface area contributed by atoms with Gasteiger partial charge >= 0.3 is 0 Å². The minimum Gasteiger partial charge on any atom is -0.384 e. The third-order valence-corrected chi connectivity index (χ3v) is 5.39. The molecule has 2 aromatic rings. The molecule has 1 aliphatic rings. The predicted octanol–water partition coefficient (Wildman–Crippen LogP) is 3.00. The second-order valence-electron chi connectivity index (χ2n) is 6.87. The fraction of sp³-hybridized carbons (Fsp3) is 0.474. The highest BCUT2D eigenvalue weighted by Gasteiger charge is 2.33. The van der Waals surface area contributed by atoms with Crippen molar-refractivity contribution in [2.24, 2.45) is 5.41 Å². The van der Waals surface area contributed by atoms with Crippen molar-refractivity contribution in [3.63, 3.8) is 0 Å². The first-order valence-corrected chi connectivity index (χ1v) is 9.21. The summed E-state index contributed by atoms with van der Waals surface area (Å²) in [4.78, 5) is 12.7. The molecule has 0 bridgehead atoms. The summed E-state index contributed by atoms with van der Waals surface area (Å²) in [7, 11) is 1.71. The molecule has 1 fully saturated rings. The number of nitrogens with one attached hydrogen (secondary N) is 2. The summed E-state index contributed by atoms with van der Waals surface area (Å²) in [6, 6.07) is 7.45. The number of nitrogens with zero attached hydrogens (tertiary/aromatic N) is 2. The lowest BCUT2D eigenvalue weighted by molar-refractivity contribution is 0.0511. The van der Waals surface area contributed by atoms with E-state index in [1.54, 1.807) is 18.0 Å². The van der Waals surface area contributed by atoms with E-state index >= 15 is 0 Å². The molecular formula is C19H26Cl2N4O2. The lowest BCUT2D eigenvalue weighted by atomic mass is 9.79. The average molecular weight is 413 g/mol. The molecule has 1 aromatic heterocycles. The molecule has 0 aliphatic carbocycles. The maximum Gasteiger partial charge on any atom is 0.254 e. The van der Waals surface area contributed by atoms with Gasteiger partial charge in [0.25, 0.3) is 5.91 Å². The molecule has 2 heterocycles. The van der Waals surface area contributed by atoms with Gasteiger partial charge in [-0.3, -0.25) is 4.79 Å². The average Bonchev–Trinajstić information content (AvgIpc) is 3.03. The van der Waals surface area contributed by atoms with Crippen LogP contribution in [0.1, 0.15) is 28.9 Å². The SMILES string of the molecule is COCC1(CNC(=O)c2cnn(-c3ccccc3Cl)c2C)CCNCC1.Cl. The third-order valence-electron chi connectivity index (χ3n) is 5.07. The molecule has 3 rings (SSSR count). The molecule has 148 valence electrons. The smallest absolute Gasteiger partial charge is 0.254 e. The van der Waals surface area contributed by atoms with Gasteiger partial charge in [-0.05, 0) is 45.0 Å². The summed E-state index contributed by atoms with van der Waals surface area (Å²) in [6.45, 7) is 5.01. The van der Waals surface area contributed by atoms with Gasteiger partial charge in [0.1, 0.15) is 0 Å². The number of halogens is 2. The summed E-state index contributed by atoms with van der Waals surface area (Å²) in [6.07, 6.45) is 3.57. The molecule has 27 heavy (non-hydrogen) atoms. The first-order valence-electron chi connectivity index (χ1n) is 8.84. The Morgan fingerprint density at radius 3 is 2.74 bits per heavy atom. The van der Waals surface area contributed by atoms with E-state index < -0.39 is 0 Å². The summed E-state index contributed by atoms with van der Waals surface area (Å²) in [5.41, 5.74) is 2.08. The number of amides is 1. The Kier molecular flexibility index (Phi) is 7.68. The molecule has 1 aliphatic heterocycles. The maximum absolute atomic E-state index is 12.7. The lowest BCUT2D eigenvalue weighted by Crippen LogP contribution is -2.47. The van der Waals surface area contributed by atoms with Crippen molar-refractivity contribution < 1.29 is 9.53 Å². The third kappa shape index (κ3) is 4.82. The molecule has 1 aromatic carbocycles. The Morgan fingerprint density at radius 1 is 1.37 bits per heavy atom. The van der Waals surface area contributed by atoms with E-state index in [4.69, 9.17) is 16.3 Å². The van der Waals surface area contributed by atoms with Gasteiger partial charge in [-0.1, -0.05) is 23.7 Å². The van der Waals surface area contributed by atoms with Crippen molar-refractivity contribution >= 4 is 29.9 Å². The second-order valence-corrected chi connectivity index (χ2v) is 7.28. The van der Waals surface area contributed by atoms with Gasteiger partial charge in [-0.25, -0.2) is 4.68 Å². The van der Waals surface area contributed by atoms with Crippen molar-refractivity contribution in [2.45, 2.75) is 19.8 Å². The van der Waals surface area contributed by atoms with Crippen molar-refractivity contribution in [2.75, 3.05) is 33.4 Å². The van der Waals surface area contributed by atoms with Crippen LogP contribution in [0.3, 0.4) is 0 Å². The van der Waals surface area contributed by atoms with E-state index in [2.05, 4.69) is 15.7 Å². The van der Waals surface area contributed by atoms with Crippen LogP contribution < -0.4 is 10.6 Å². The number of benzene rings is 1. The van der Waals surface area contributed by atoms with Gasteiger partial charge in [-0.2, -0.15) is 5.10 Å². The topological polar surface area (TPSA) is 68.2 Å². The largest absolute Gasteiger partial charge is 0.384 e. The van der Waals surface area contributed by atoms with Crippen LogP contribution in [0, 0.1) is 12.3 Å². The standard InChI is InChI=1S/C19H25ClN4O2.ClH/c1-14-15(11-23-24(14)17-6-4-3-5-16(17)20)18(25)22-12-19(13-26-2)7-9-21-10-8-19;/h3-6,11,21H,7-10,12-13H2,1-2H3,(H,22,25);1H. The fourth-order valence-electron chi connectivity index (χ4n) is 3.50. The fourth-order valence-corrected chi connectivity index (χ4v) is 3.71. The zero-order valence-corrected chi connectivity index (χ0v) is 17.2. The molecule has 6 nitrogen and oxygen atoms in total. The van der Waals surface area contributed by atoms with Gasteiger partial charge in [0, 0.05) is 19.1 Å². The van der Waals surface area contributed by atoms with Crippen LogP contribution in [0.2, 0.25) is 5.02 Å². The minimum absolute atomic E-state index is 0. The van der Waals surface area contributed by atoms with E-state index in [-0.39, 0.29) is 23.7 Å². The predicted molar refractivity (Wildman–Crippen MR) is 109 cm³/mol. The molecule has 0 unspecified atom stereocenters. The highest BCUT2D eigenvalue weighted by molar-refractivity contribution is 6.32. The van der Waals surface area contributed by atoms with E-state index in [0.29, 0.717) is 23.7 Å². The molecule has 1 amide bonds. The Balaban J connectivity index is 0.00000261. The summed E-state index contributed by atoms with van der Waals surface area (Å²) in [5, 5.41) is 11.4. The molecule has 1 saturated heterocycles. The summed E-state index contributed by atoms with van der Waals surface area (Å²) < 4.78 is 7.11. The summed E-state index contributed by atoms with van der Waals surface area (Å²) >= 11 is 6.25. The Morgan fingerprint density at radius 2 is 2.07 bits per heavy atom. The van der Waals surface area contributed by atoms with Crippen LogP contribution in [0.15, 0.2) is 30.5 Å². The minimum atomic E-state index is -0.116. The first kappa shape index (κ1) is 21.7. The van der Waals surface area contributed by atoms with Crippen LogP contribution in [-0.4, -0.2) is 49.0 Å². The Hall–Kier alpha value is -1.60. The van der Waals surface area contributed by atoms with E-state index in [0.717, 1.165) is 37.3 Å². The monoisotopic (exact) mass is 412 g/mol. The number of aromatic nitrogens is 2. The number of para-hydroxylation sites is 1. The van der Waals surface area contributed by atoms with Crippen molar-refractivity contribution in [3.8, 4) is 5.69 Å². The van der Waals surface area contributed by atoms with Crippen molar-refractivity contribution in [3.05, 3.63) is 46.7 Å². The highest BCUT2D eigenvalue weighted by Crippen LogP contribution is 2.28. The number of carbonyl (C=O) groups excluding carboxylic acids is 1. The number of hydrogen-bond acceptors (Lipinski definition) is 4. The second kappa shape index (κ2) is 9.55. The van der Waals surface area contributed by atoms with E-state index in [1.807, 2.05) is 31.2 Å². The zero-order chi connectivity index (χ0) is 18.6. The maximum atomic E-state index is 12.7. The van der Waals surface area contributed by atoms with Crippen LogP contribution in [0.4, 0.5) is 0 Å². The molecular weight excluding hydrogens is 387 g/mol. The van der Waals surface area contributed by atoms with Gasteiger partial charge < -0.3 is 15.4 Å². The van der Waals surface area contributed by atoms with Crippen molar-refractivity contribution in [1.29, 1.82) is 0 Å². The number of ether oxygens (including phenoxy) is 1. The van der Waals surface area contributed by atoms with Gasteiger partial charge in [0.05, 0.1) is 34.8 Å². The number of rotatable bonds is 6. The molecule has 2 N–H and O–H groups in total. The Labute approximate surface area is 171 Å². The van der Waals surface area contributed by atoms with Gasteiger partial charge in [-0.15, -0.1) is 12.4 Å². The quantitative estimate of drug-likeness (QED) is 0.764. The first-order chi connectivity index (χ1) is 12.6. The van der Waals surface area contributed by atoms with Crippen LogP contribution >= 0.6 is 24.0 Å². The Bertz CT molecular complexity index is 767. The number of hydrogen-bond donors (Lipinski definition) is 2. The normalized spacial score (nSPS) is 15.8. The lowest BCUT2D eigenvalue weighted by Gasteiger charge is -2.37. The van der Waals surface area contributed by atoms with Crippen LogP contribution in [0.25, 0.3) is 5.69 Å². The number of piperidine rings is 1. The van der Waals surface area contributed by atoms with Crippen LogP contribution in [0.5, 0.6) is 0 Å². The van der Waals surface area contributed by atoms with Gasteiger partial charge in [0.2, 0.25) is 0 Å². The summed E-state index contributed by atoms with van der Waals surface area (Å²) in [5.74, 6) is -0.116. The molecule has 0 radical (unpaired) electrons. The number of methoxy groups -OCH3 is 1. The molecule has 0 spiro atoms.